The number of carbonyl (C=O) groups excluding carboxylic acids is 1. The zero-order chi connectivity index (χ0) is 18.2. The van der Waals surface area contributed by atoms with Gasteiger partial charge in [-0.25, -0.2) is 0 Å². The summed E-state index contributed by atoms with van der Waals surface area (Å²) in [4.78, 5) is 13.5. The van der Waals surface area contributed by atoms with Crippen LogP contribution in [0.15, 0.2) is 48.5 Å². The van der Waals surface area contributed by atoms with Crippen LogP contribution in [-0.4, -0.2) is 30.4 Å². The predicted octanol–water partition coefficient (Wildman–Crippen LogP) is 4.44. The Morgan fingerprint density at radius 2 is 1.89 bits per heavy atom. The van der Waals surface area contributed by atoms with Crippen molar-refractivity contribution in [2.45, 2.75) is 32.4 Å². The quantitative estimate of drug-likeness (QED) is 0.623. The number of carbonyl (C=O) groups is 1. The van der Waals surface area contributed by atoms with E-state index in [-0.39, 0.29) is 12.4 Å². The maximum Gasteiger partial charge on any atom is 0.222 e. The minimum absolute atomic E-state index is 0. The van der Waals surface area contributed by atoms with Crippen LogP contribution in [0, 0.1) is 0 Å². The lowest BCUT2D eigenvalue weighted by Gasteiger charge is -2.15. The Morgan fingerprint density at radius 1 is 1.11 bits per heavy atom. The monoisotopic (exact) mass is 408 g/mol. The van der Waals surface area contributed by atoms with E-state index in [1.807, 2.05) is 41.3 Å². The number of nitrogens with zero attached hydrogens (tertiary/aromatic N) is 1. The zero-order valence-corrected chi connectivity index (χ0v) is 16.9. The number of hydrogen-bond acceptors (Lipinski definition) is 3. The summed E-state index contributed by atoms with van der Waals surface area (Å²) in [5.74, 6) is 1.14. The molecular formula is C21H26Cl2N2O2. The van der Waals surface area contributed by atoms with Gasteiger partial charge in [0.25, 0.3) is 0 Å². The Labute approximate surface area is 172 Å². The van der Waals surface area contributed by atoms with Crippen LogP contribution in [0.1, 0.15) is 30.4 Å². The van der Waals surface area contributed by atoms with E-state index in [2.05, 4.69) is 17.4 Å². The van der Waals surface area contributed by atoms with Crippen molar-refractivity contribution in [3.05, 3.63) is 64.7 Å². The lowest BCUT2D eigenvalue weighted by molar-refractivity contribution is -0.127. The van der Waals surface area contributed by atoms with Crippen molar-refractivity contribution in [1.82, 2.24) is 10.2 Å². The number of ether oxygens (including phenoxy) is 1. The van der Waals surface area contributed by atoms with Crippen molar-refractivity contribution in [2.24, 2.45) is 0 Å². The first-order valence-electron chi connectivity index (χ1n) is 9.16. The first kappa shape index (κ1) is 21.5. The first-order chi connectivity index (χ1) is 12.7. The largest absolute Gasteiger partial charge is 0.489 e. The molecule has 0 aromatic heterocycles. The minimum Gasteiger partial charge on any atom is -0.489 e. The number of halogens is 2. The minimum atomic E-state index is 0. The van der Waals surface area contributed by atoms with E-state index in [0.29, 0.717) is 12.5 Å². The van der Waals surface area contributed by atoms with E-state index in [0.717, 1.165) is 61.8 Å². The highest BCUT2D eigenvalue weighted by atomic mass is 35.5. The van der Waals surface area contributed by atoms with E-state index in [4.69, 9.17) is 16.3 Å². The van der Waals surface area contributed by atoms with Crippen molar-refractivity contribution in [3.63, 3.8) is 0 Å². The van der Waals surface area contributed by atoms with Crippen LogP contribution in [0.4, 0.5) is 0 Å². The molecule has 2 aromatic carbocycles. The molecule has 0 saturated carbocycles. The number of nitrogens with one attached hydrogen (secondary N) is 1. The van der Waals surface area contributed by atoms with Gasteiger partial charge >= 0.3 is 0 Å². The predicted molar refractivity (Wildman–Crippen MR) is 112 cm³/mol. The Hall–Kier alpha value is -1.75. The topological polar surface area (TPSA) is 41.6 Å². The van der Waals surface area contributed by atoms with Crippen LogP contribution in [0.5, 0.6) is 5.75 Å². The average Bonchev–Trinajstić information content (AvgIpc) is 3.07. The smallest absolute Gasteiger partial charge is 0.222 e. The molecule has 1 aliphatic rings. The highest BCUT2D eigenvalue weighted by molar-refractivity contribution is 6.31. The van der Waals surface area contributed by atoms with Gasteiger partial charge < -0.3 is 15.0 Å². The molecule has 1 fully saturated rings. The first-order valence-corrected chi connectivity index (χ1v) is 9.54. The van der Waals surface area contributed by atoms with Crippen molar-refractivity contribution in [1.29, 1.82) is 0 Å². The van der Waals surface area contributed by atoms with Crippen LogP contribution in [0.25, 0.3) is 0 Å². The number of likely N-dealkylation sites (tertiary alicyclic amines) is 1. The molecule has 3 rings (SSSR count). The molecule has 0 spiro atoms. The Kier molecular flexibility index (Phi) is 8.92. The third-order valence-electron chi connectivity index (χ3n) is 4.56. The van der Waals surface area contributed by atoms with Gasteiger partial charge in [0.1, 0.15) is 12.4 Å². The molecule has 1 aliphatic heterocycles. The lowest BCUT2D eigenvalue weighted by Crippen LogP contribution is -2.28. The van der Waals surface area contributed by atoms with Crippen LogP contribution < -0.4 is 10.1 Å². The van der Waals surface area contributed by atoms with E-state index in [9.17, 15) is 4.79 Å². The molecule has 0 radical (unpaired) electrons. The number of benzene rings is 2. The molecule has 27 heavy (non-hydrogen) atoms. The molecule has 2 aromatic rings. The van der Waals surface area contributed by atoms with Gasteiger partial charge in [-0.05, 0) is 43.1 Å². The van der Waals surface area contributed by atoms with Gasteiger partial charge in [-0.3, -0.25) is 4.79 Å². The summed E-state index contributed by atoms with van der Waals surface area (Å²) in [6.07, 6.45) is 2.72. The number of rotatable bonds is 9. The Bertz CT molecular complexity index is 722. The lowest BCUT2D eigenvalue weighted by atomic mass is 10.2. The third kappa shape index (κ3) is 6.73. The van der Waals surface area contributed by atoms with Gasteiger partial charge in [0.2, 0.25) is 5.91 Å². The summed E-state index contributed by atoms with van der Waals surface area (Å²) in [5.41, 5.74) is 2.20. The molecule has 146 valence electrons. The average molecular weight is 409 g/mol. The van der Waals surface area contributed by atoms with Crippen molar-refractivity contribution in [3.8, 4) is 5.75 Å². The SMILES string of the molecule is Cl.O=C1CCCN1CCCNCc1ccc(OCc2ccccc2Cl)cc1. The molecule has 1 amide bonds. The fourth-order valence-corrected chi connectivity index (χ4v) is 3.24. The zero-order valence-electron chi connectivity index (χ0n) is 15.3. The summed E-state index contributed by atoms with van der Waals surface area (Å²) >= 11 is 6.14. The van der Waals surface area contributed by atoms with Gasteiger partial charge in [0.15, 0.2) is 0 Å². The molecule has 4 nitrogen and oxygen atoms in total. The second-order valence-corrected chi connectivity index (χ2v) is 6.95. The molecular weight excluding hydrogens is 383 g/mol. The number of hydrogen-bond donors (Lipinski definition) is 1. The summed E-state index contributed by atoms with van der Waals surface area (Å²) in [7, 11) is 0. The summed E-state index contributed by atoms with van der Waals surface area (Å²) < 4.78 is 5.80. The molecule has 1 N–H and O–H groups in total. The Morgan fingerprint density at radius 3 is 2.59 bits per heavy atom. The van der Waals surface area contributed by atoms with Crippen molar-refractivity contribution >= 4 is 29.9 Å². The molecule has 0 bridgehead atoms. The van der Waals surface area contributed by atoms with E-state index < -0.39 is 0 Å². The van der Waals surface area contributed by atoms with Crippen molar-refractivity contribution < 1.29 is 9.53 Å². The molecule has 0 aliphatic carbocycles. The fourth-order valence-electron chi connectivity index (χ4n) is 3.05. The van der Waals surface area contributed by atoms with Crippen molar-refractivity contribution in [2.75, 3.05) is 19.6 Å². The van der Waals surface area contributed by atoms with Crippen LogP contribution in [-0.2, 0) is 17.9 Å². The molecule has 0 atom stereocenters. The molecule has 1 heterocycles. The summed E-state index contributed by atoms with van der Waals surface area (Å²) in [6, 6.07) is 15.8. The highest BCUT2D eigenvalue weighted by Gasteiger charge is 2.18. The summed E-state index contributed by atoms with van der Waals surface area (Å²) in [5, 5.41) is 4.15. The summed E-state index contributed by atoms with van der Waals surface area (Å²) in [6.45, 7) is 3.98. The van der Waals surface area contributed by atoms with E-state index >= 15 is 0 Å². The van der Waals surface area contributed by atoms with Crippen LogP contribution in [0.3, 0.4) is 0 Å². The van der Waals surface area contributed by atoms with Gasteiger partial charge in [-0.1, -0.05) is 41.9 Å². The fraction of sp³-hybridized carbons (Fsp3) is 0.381. The van der Waals surface area contributed by atoms with Crippen LogP contribution in [0.2, 0.25) is 5.02 Å². The van der Waals surface area contributed by atoms with Gasteiger partial charge in [-0.2, -0.15) is 0 Å². The third-order valence-corrected chi connectivity index (χ3v) is 4.93. The molecule has 0 unspecified atom stereocenters. The molecule has 1 saturated heterocycles. The van der Waals surface area contributed by atoms with Gasteiger partial charge in [-0.15, -0.1) is 12.4 Å². The van der Waals surface area contributed by atoms with E-state index in [1.54, 1.807) is 0 Å². The standard InChI is InChI=1S/C21H25ClN2O2.ClH/c22-20-6-2-1-5-18(20)16-26-19-10-8-17(9-11-19)15-23-12-4-14-24-13-3-7-21(24)25;/h1-2,5-6,8-11,23H,3-4,7,12-16H2;1H. The van der Waals surface area contributed by atoms with E-state index in [1.165, 1.54) is 5.56 Å². The molecule has 6 heteroatoms. The van der Waals surface area contributed by atoms with Crippen LogP contribution >= 0.6 is 24.0 Å². The van der Waals surface area contributed by atoms with Gasteiger partial charge in [0, 0.05) is 36.6 Å². The second-order valence-electron chi connectivity index (χ2n) is 6.54. The maximum absolute atomic E-state index is 11.5. The maximum atomic E-state index is 11.5. The highest BCUT2D eigenvalue weighted by Crippen LogP contribution is 2.19. The number of amides is 1. The van der Waals surface area contributed by atoms with Gasteiger partial charge in [0.05, 0.1) is 0 Å². The second kappa shape index (κ2) is 11.2. The Balaban J connectivity index is 0.00000261. The normalized spacial score (nSPS) is 13.5.